The maximum Gasteiger partial charge on any atom is 0.0170 e. The first-order valence-electron chi connectivity index (χ1n) is 5.48. The lowest BCUT2D eigenvalue weighted by Gasteiger charge is -2.04. The molecule has 1 nitrogen and oxygen atoms in total. The summed E-state index contributed by atoms with van der Waals surface area (Å²) >= 11 is 0. The maximum atomic E-state index is 3.48. The van der Waals surface area contributed by atoms with Crippen molar-refractivity contribution in [2.24, 2.45) is 0 Å². The van der Waals surface area contributed by atoms with Crippen molar-refractivity contribution in [1.82, 2.24) is 5.32 Å². The molecule has 0 aromatic carbocycles. The lowest BCUT2D eigenvalue weighted by Crippen LogP contribution is -2.17. The fourth-order valence-electron chi connectivity index (χ4n) is 1.55. The minimum absolute atomic E-state index is 1.08. The topological polar surface area (TPSA) is 12.0 Å². The Labute approximate surface area is 81.9 Å². The van der Waals surface area contributed by atoms with Crippen LogP contribution in [0, 0.1) is 0 Å². The monoisotopic (exact) mass is 179 g/mol. The van der Waals surface area contributed by atoms with Gasteiger partial charge in [-0.05, 0) is 19.4 Å². The molecule has 0 saturated heterocycles. The Morgan fingerprint density at radius 3 is 2.92 bits per heavy atom. The highest BCUT2D eigenvalue weighted by Crippen LogP contribution is 2.08. The molecular weight excluding hydrogens is 158 g/mol. The van der Waals surface area contributed by atoms with Gasteiger partial charge in [0.1, 0.15) is 0 Å². The molecule has 0 heterocycles. The molecule has 1 heteroatoms. The highest BCUT2D eigenvalue weighted by atomic mass is 14.8. The van der Waals surface area contributed by atoms with Crippen molar-refractivity contribution in [2.45, 2.75) is 39.0 Å². The Balaban J connectivity index is 1.84. The van der Waals surface area contributed by atoms with Crippen LogP contribution in [-0.2, 0) is 0 Å². The van der Waals surface area contributed by atoms with E-state index < -0.39 is 0 Å². The van der Waals surface area contributed by atoms with Gasteiger partial charge in [0.25, 0.3) is 0 Å². The number of unbranched alkanes of at least 4 members (excludes halogenated alkanes) is 3. The molecule has 13 heavy (non-hydrogen) atoms. The van der Waals surface area contributed by atoms with E-state index in [9.17, 15) is 0 Å². The van der Waals surface area contributed by atoms with Crippen molar-refractivity contribution in [3.63, 3.8) is 0 Å². The van der Waals surface area contributed by atoms with Crippen LogP contribution in [0.3, 0.4) is 0 Å². The summed E-state index contributed by atoms with van der Waals surface area (Å²) < 4.78 is 0. The fourth-order valence-corrected chi connectivity index (χ4v) is 1.55. The molecular formula is C12H21N. The summed E-state index contributed by atoms with van der Waals surface area (Å²) in [6.45, 7) is 4.51. The first kappa shape index (κ1) is 10.5. The summed E-state index contributed by atoms with van der Waals surface area (Å²) in [7, 11) is 0. The van der Waals surface area contributed by atoms with E-state index in [-0.39, 0.29) is 0 Å². The summed E-state index contributed by atoms with van der Waals surface area (Å²) in [5.74, 6) is 0. The van der Waals surface area contributed by atoms with Crippen LogP contribution >= 0.6 is 0 Å². The third kappa shape index (κ3) is 4.89. The van der Waals surface area contributed by atoms with Gasteiger partial charge in [-0.15, -0.1) is 0 Å². The SMILES string of the molecule is CCCCCCNCC1=CC=CC1. The summed E-state index contributed by atoms with van der Waals surface area (Å²) in [4.78, 5) is 0. The van der Waals surface area contributed by atoms with Crippen LogP contribution in [0.4, 0.5) is 0 Å². The molecule has 0 saturated carbocycles. The van der Waals surface area contributed by atoms with Crippen LogP contribution in [0.25, 0.3) is 0 Å². The molecule has 74 valence electrons. The van der Waals surface area contributed by atoms with Gasteiger partial charge in [-0.1, -0.05) is 50.0 Å². The van der Waals surface area contributed by atoms with E-state index in [1.807, 2.05) is 0 Å². The number of hydrogen-bond acceptors (Lipinski definition) is 1. The number of rotatable bonds is 7. The highest BCUT2D eigenvalue weighted by Gasteiger charge is 1.97. The zero-order valence-electron chi connectivity index (χ0n) is 8.68. The van der Waals surface area contributed by atoms with E-state index in [0.717, 1.165) is 13.0 Å². The van der Waals surface area contributed by atoms with Gasteiger partial charge in [0.05, 0.1) is 0 Å². The van der Waals surface area contributed by atoms with Gasteiger partial charge in [-0.2, -0.15) is 0 Å². The quantitative estimate of drug-likeness (QED) is 0.592. The lowest BCUT2D eigenvalue weighted by atomic mass is 10.2. The largest absolute Gasteiger partial charge is 0.313 e. The zero-order valence-corrected chi connectivity index (χ0v) is 8.68. The first-order chi connectivity index (χ1) is 6.43. The summed E-state index contributed by atoms with van der Waals surface area (Å²) in [6, 6.07) is 0. The van der Waals surface area contributed by atoms with Crippen molar-refractivity contribution >= 4 is 0 Å². The predicted octanol–water partition coefficient (Wildman–Crippen LogP) is 3.04. The number of allylic oxidation sites excluding steroid dienone is 3. The Bertz CT molecular complexity index is 180. The fraction of sp³-hybridized carbons (Fsp3) is 0.667. The van der Waals surface area contributed by atoms with Crippen LogP contribution in [0.15, 0.2) is 23.8 Å². The summed E-state index contributed by atoms with van der Waals surface area (Å²) in [5.41, 5.74) is 1.52. The van der Waals surface area contributed by atoms with Crippen LogP contribution in [-0.4, -0.2) is 13.1 Å². The van der Waals surface area contributed by atoms with E-state index in [0.29, 0.717) is 0 Å². The molecule has 1 rings (SSSR count). The molecule has 0 aliphatic heterocycles. The molecule has 1 N–H and O–H groups in total. The third-order valence-corrected chi connectivity index (χ3v) is 2.41. The lowest BCUT2D eigenvalue weighted by molar-refractivity contribution is 0.614. The molecule has 0 spiro atoms. The van der Waals surface area contributed by atoms with Gasteiger partial charge >= 0.3 is 0 Å². The van der Waals surface area contributed by atoms with Crippen molar-refractivity contribution in [2.75, 3.05) is 13.1 Å². The summed E-state index contributed by atoms with van der Waals surface area (Å²) in [5, 5.41) is 3.48. The third-order valence-electron chi connectivity index (χ3n) is 2.41. The van der Waals surface area contributed by atoms with Crippen molar-refractivity contribution in [1.29, 1.82) is 0 Å². The molecule has 0 aromatic heterocycles. The van der Waals surface area contributed by atoms with Gasteiger partial charge in [0, 0.05) is 6.54 Å². The number of nitrogens with one attached hydrogen (secondary N) is 1. The van der Waals surface area contributed by atoms with Crippen molar-refractivity contribution in [3.8, 4) is 0 Å². The molecule has 0 unspecified atom stereocenters. The Kier molecular flexibility index (Phi) is 5.59. The van der Waals surface area contributed by atoms with Gasteiger partial charge in [0.15, 0.2) is 0 Å². The Morgan fingerprint density at radius 2 is 2.23 bits per heavy atom. The van der Waals surface area contributed by atoms with Gasteiger partial charge in [-0.25, -0.2) is 0 Å². The van der Waals surface area contributed by atoms with Gasteiger partial charge < -0.3 is 5.32 Å². The molecule has 0 bridgehead atoms. The van der Waals surface area contributed by atoms with Gasteiger partial charge in [-0.3, -0.25) is 0 Å². The van der Waals surface area contributed by atoms with Gasteiger partial charge in [0.2, 0.25) is 0 Å². The molecule has 0 atom stereocenters. The molecule has 0 aromatic rings. The van der Waals surface area contributed by atoms with Crippen molar-refractivity contribution in [3.05, 3.63) is 23.8 Å². The molecule has 0 fully saturated rings. The van der Waals surface area contributed by atoms with E-state index in [4.69, 9.17) is 0 Å². The second-order valence-corrected chi connectivity index (χ2v) is 3.69. The molecule has 1 aliphatic rings. The molecule has 1 aliphatic carbocycles. The van der Waals surface area contributed by atoms with Crippen LogP contribution in [0.1, 0.15) is 39.0 Å². The summed E-state index contributed by atoms with van der Waals surface area (Å²) in [6.07, 6.45) is 13.2. The molecule has 0 amide bonds. The smallest absolute Gasteiger partial charge is 0.0170 e. The average molecular weight is 179 g/mol. The molecule has 0 radical (unpaired) electrons. The predicted molar refractivity (Wildman–Crippen MR) is 58.9 cm³/mol. The Morgan fingerprint density at radius 1 is 1.31 bits per heavy atom. The highest BCUT2D eigenvalue weighted by molar-refractivity contribution is 5.23. The maximum absolute atomic E-state index is 3.48. The number of hydrogen-bond donors (Lipinski definition) is 1. The minimum atomic E-state index is 1.08. The van der Waals surface area contributed by atoms with Crippen LogP contribution in [0.2, 0.25) is 0 Å². The standard InChI is InChI=1S/C12H21N/c1-2-3-4-7-10-13-11-12-8-5-6-9-12/h5-6,8,13H,2-4,7,9-11H2,1H3. The van der Waals surface area contributed by atoms with Crippen LogP contribution < -0.4 is 5.32 Å². The van der Waals surface area contributed by atoms with E-state index in [1.54, 1.807) is 0 Å². The van der Waals surface area contributed by atoms with E-state index >= 15 is 0 Å². The zero-order chi connectivity index (χ0) is 9.36. The second kappa shape index (κ2) is 6.90. The van der Waals surface area contributed by atoms with E-state index in [2.05, 4.69) is 30.5 Å². The normalized spacial score (nSPS) is 15.0. The first-order valence-corrected chi connectivity index (χ1v) is 5.48. The Hall–Kier alpha value is -0.560. The van der Waals surface area contributed by atoms with Crippen LogP contribution in [0.5, 0.6) is 0 Å². The second-order valence-electron chi connectivity index (χ2n) is 3.69. The minimum Gasteiger partial charge on any atom is -0.313 e. The van der Waals surface area contributed by atoms with Crippen molar-refractivity contribution < 1.29 is 0 Å². The van der Waals surface area contributed by atoms with E-state index in [1.165, 1.54) is 37.8 Å². The average Bonchev–Trinajstić information content (AvgIpc) is 2.63.